The molecule has 4 rings (SSSR count). The summed E-state index contributed by atoms with van der Waals surface area (Å²) >= 11 is 0. The minimum atomic E-state index is -0.479. The highest BCUT2D eigenvalue weighted by molar-refractivity contribution is 5.36. The van der Waals surface area contributed by atoms with Crippen molar-refractivity contribution in [2.45, 2.75) is 32.1 Å². The van der Waals surface area contributed by atoms with Crippen molar-refractivity contribution in [3.05, 3.63) is 29.8 Å². The van der Waals surface area contributed by atoms with Gasteiger partial charge in [-0.2, -0.15) is 0 Å². The van der Waals surface area contributed by atoms with E-state index in [4.69, 9.17) is 4.74 Å². The minimum absolute atomic E-state index is 0.121. The van der Waals surface area contributed by atoms with E-state index in [0.717, 1.165) is 44.0 Å². The zero-order valence-electron chi connectivity index (χ0n) is 12.3. The molecule has 4 heteroatoms. The zero-order valence-corrected chi connectivity index (χ0v) is 12.3. The molecule has 2 bridgehead atoms. The Morgan fingerprint density at radius 2 is 1.85 bits per heavy atom. The molecular formula is C16H24N2O2. The second-order valence-electron chi connectivity index (χ2n) is 6.05. The van der Waals surface area contributed by atoms with Crippen molar-refractivity contribution in [2.24, 2.45) is 0 Å². The first-order valence-electron chi connectivity index (χ1n) is 7.55. The highest BCUT2D eigenvalue weighted by atomic mass is 16.5. The Labute approximate surface area is 120 Å². The minimum Gasteiger partial charge on any atom is -0.491 e. The quantitative estimate of drug-likeness (QED) is 0.904. The number of aliphatic hydroxyl groups is 1. The molecule has 1 aromatic rings. The van der Waals surface area contributed by atoms with Crippen molar-refractivity contribution in [2.75, 3.05) is 32.7 Å². The van der Waals surface area contributed by atoms with Crippen LogP contribution in [0.15, 0.2) is 24.3 Å². The third-order valence-corrected chi connectivity index (χ3v) is 4.29. The van der Waals surface area contributed by atoms with Crippen molar-refractivity contribution < 1.29 is 9.84 Å². The molecule has 0 spiro atoms. The first-order chi connectivity index (χ1) is 9.65. The average Bonchev–Trinajstić information content (AvgIpc) is 2.47. The predicted molar refractivity (Wildman–Crippen MR) is 79.0 cm³/mol. The lowest BCUT2D eigenvalue weighted by Gasteiger charge is -2.49. The van der Waals surface area contributed by atoms with Crippen LogP contribution in [0.4, 0.5) is 0 Å². The fraction of sp³-hybridized carbons (Fsp3) is 0.625. The Morgan fingerprint density at radius 1 is 1.15 bits per heavy atom. The van der Waals surface area contributed by atoms with E-state index in [0.29, 0.717) is 0 Å². The number of nitrogens with zero attached hydrogens (tertiary/aromatic N) is 2. The fourth-order valence-corrected chi connectivity index (χ4v) is 3.25. The standard InChI is InChI=1S/C16H24N2O2/c1-12(2)20-15-6-4-3-5-13(15)16(19)14-11-17-7-9-18(14)10-8-17/h3-6,12,14,16,19H,7-11H2,1-2H3. The summed E-state index contributed by atoms with van der Waals surface area (Å²) in [5.74, 6) is 0.813. The van der Waals surface area contributed by atoms with Crippen molar-refractivity contribution in [1.29, 1.82) is 0 Å². The molecule has 0 aliphatic carbocycles. The van der Waals surface area contributed by atoms with Gasteiger partial charge >= 0.3 is 0 Å². The summed E-state index contributed by atoms with van der Waals surface area (Å²) in [7, 11) is 0. The van der Waals surface area contributed by atoms with Crippen LogP contribution in [0.1, 0.15) is 25.5 Å². The van der Waals surface area contributed by atoms with Crippen LogP contribution >= 0.6 is 0 Å². The number of hydrogen-bond donors (Lipinski definition) is 1. The summed E-state index contributed by atoms with van der Waals surface area (Å²) in [6.07, 6.45) is -0.358. The Kier molecular flexibility index (Phi) is 3.96. The molecule has 2 unspecified atom stereocenters. The van der Waals surface area contributed by atoms with Gasteiger partial charge in [0.1, 0.15) is 5.75 Å². The largest absolute Gasteiger partial charge is 0.491 e. The number of ether oxygens (including phenoxy) is 1. The summed E-state index contributed by atoms with van der Waals surface area (Å²) in [6.45, 7) is 9.38. The first-order valence-corrected chi connectivity index (χ1v) is 7.55. The van der Waals surface area contributed by atoms with Crippen LogP contribution in [0.5, 0.6) is 5.75 Å². The smallest absolute Gasteiger partial charge is 0.125 e. The van der Waals surface area contributed by atoms with Gasteiger partial charge in [-0.25, -0.2) is 0 Å². The molecule has 1 aromatic carbocycles. The molecule has 2 atom stereocenters. The van der Waals surface area contributed by atoms with E-state index in [-0.39, 0.29) is 12.1 Å². The molecular weight excluding hydrogens is 252 g/mol. The maximum absolute atomic E-state index is 10.8. The Morgan fingerprint density at radius 3 is 2.45 bits per heavy atom. The van der Waals surface area contributed by atoms with Crippen molar-refractivity contribution in [3.63, 3.8) is 0 Å². The molecule has 0 saturated carbocycles. The number of para-hydroxylation sites is 1. The van der Waals surface area contributed by atoms with Gasteiger partial charge in [0.25, 0.3) is 0 Å². The number of benzene rings is 1. The van der Waals surface area contributed by atoms with Gasteiger partial charge in [0.05, 0.1) is 18.2 Å². The van der Waals surface area contributed by atoms with Crippen LogP contribution in [0, 0.1) is 0 Å². The van der Waals surface area contributed by atoms with Crippen LogP contribution in [0.25, 0.3) is 0 Å². The maximum atomic E-state index is 10.8. The number of rotatable bonds is 4. The van der Waals surface area contributed by atoms with Gasteiger partial charge in [0, 0.05) is 38.3 Å². The summed E-state index contributed by atoms with van der Waals surface area (Å²) in [4.78, 5) is 4.86. The summed E-state index contributed by atoms with van der Waals surface area (Å²) in [5.41, 5.74) is 0.917. The number of hydrogen-bond acceptors (Lipinski definition) is 4. The van der Waals surface area contributed by atoms with Crippen LogP contribution in [-0.2, 0) is 0 Å². The molecule has 3 aliphatic rings. The lowest BCUT2D eigenvalue weighted by Crippen LogP contribution is -2.62. The van der Waals surface area contributed by atoms with E-state index in [1.54, 1.807) is 0 Å². The molecule has 3 aliphatic heterocycles. The van der Waals surface area contributed by atoms with Gasteiger partial charge < -0.3 is 9.84 Å². The lowest BCUT2D eigenvalue weighted by atomic mass is 9.96. The third-order valence-electron chi connectivity index (χ3n) is 4.29. The second-order valence-corrected chi connectivity index (χ2v) is 6.05. The second kappa shape index (κ2) is 5.72. The number of aliphatic hydroxyl groups excluding tert-OH is 1. The van der Waals surface area contributed by atoms with E-state index in [1.807, 2.05) is 38.1 Å². The van der Waals surface area contributed by atoms with Crippen LogP contribution in [-0.4, -0.2) is 59.8 Å². The summed E-state index contributed by atoms with van der Waals surface area (Å²) < 4.78 is 5.85. The van der Waals surface area contributed by atoms with Gasteiger partial charge in [0.2, 0.25) is 0 Å². The molecule has 3 heterocycles. The van der Waals surface area contributed by atoms with Crippen molar-refractivity contribution in [1.82, 2.24) is 9.80 Å². The molecule has 110 valence electrons. The highest BCUT2D eigenvalue weighted by Gasteiger charge is 2.37. The highest BCUT2D eigenvalue weighted by Crippen LogP contribution is 2.32. The average molecular weight is 276 g/mol. The van der Waals surface area contributed by atoms with E-state index in [9.17, 15) is 5.11 Å². The topological polar surface area (TPSA) is 35.9 Å². The number of piperazine rings is 3. The molecule has 3 fully saturated rings. The molecule has 0 aromatic heterocycles. The summed E-state index contributed by atoms with van der Waals surface area (Å²) in [5, 5.41) is 10.8. The van der Waals surface area contributed by atoms with Crippen molar-refractivity contribution >= 4 is 0 Å². The van der Waals surface area contributed by atoms with Crippen LogP contribution in [0.2, 0.25) is 0 Å². The van der Waals surface area contributed by atoms with E-state index in [2.05, 4.69) is 9.80 Å². The normalized spacial score (nSPS) is 30.5. The molecule has 0 radical (unpaired) electrons. The van der Waals surface area contributed by atoms with Gasteiger partial charge in [-0.3, -0.25) is 9.80 Å². The molecule has 0 amide bonds. The molecule has 4 nitrogen and oxygen atoms in total. The van der Waals surface area contributed by atoms with Gasteiger partial charge in [0.15, 0.2) is 0 Å². The van der Waals surface area contributed by atoms with Gasteiger partial charge in [-0.15, -0.1) is 0 Å². The monoisotopic (exact) mass is 276 g/mol. The van der Waals surface area contributed by atoms with Crippen LogP contribution in [0.3, 0.4) is 0 Å². The number of fused-ring (bicyclic) bond motifs is 3. The lowest BCUT2D eigenvalue weighted by molar-refractivity contribution is -0.0478. The van der Waals surface area contributed by atoms with Gasteiger partial charge in [-0.1, -0.05) is 18.2 Å². The SMILES string of the molecule is CC(C)Oc1ccccc1C(O)C1CN2CCN1CC2. The van der Waals surface area contributed by atoms with E-state index < -0.39 is 6.10 Å². The maximum Gasteiger partial charge on any atom is 0.125 e. The fourth-order valence-electron chi connectivity index (χ4n) is 3.25. The van der Waals surface area contributed by atoms with Crippen LogP contribution < -0.4 is 4.74 Å². The molecule has 20 heavy (non-hydrogen) atoms. The molecule has 3 saturated heterocycles. The van der Waals surface area contributed by atoms with E-state index in [1.165, 1.54) is 0 Å². The van der Waals surface area contributed by atoms with Gasteiger partial charge in [-0.05, 0) is 19.9 Å². The Balaban J connectivity index is 1.81. The third kappa shape index (κ3) is 2.68. The molecule has 1 N–H and O–H groups in total. The zero-order chi connectivity index (χ0) is 14.1. The Hall–Kier alpha value is -1.10. The first kappa shape index (κ1) is 13.9. The Bertz CT molecular complexity index is 456. The summed E-state index contributed by atoms with van der Waals surface area (Å²) in [6, 6.07) is 8.07. The van der Waals surface area contributed by atoms with Crippen molar-refractivity contribution in [3.8, 4) is 5.75 Å². The van der Waals surface area contributed by atoms with E-state index >= 15 is 0 Å². The predicted octanol–water partition coefficient (Wildman–Crippen LogP) is 1.51.